The average molecular weight is 653 g/mol. The number of anilines is 2. The summed E-state index contributed by atoms with van der Waals surface area (Å²) in [5.74, 6) is -1.02. The summed E-state index contributed by atoms with van der Waals surface area (Å²) in [7, 11) is -3.41. The maximum absolute atomic E-state index is 12.6. The molecule has 4 atom stereocenters. The van der Waals surface area contributed by atoms with Crippen LogP contribution in [-0.4, -0.2) is 68.8 Å². The molecule has 5 rings (SSSR count). The predicted octanol–water partition coefficient (Wildman–Crippen LogP) is 4.75. The summed E-state index contributed by atoms with van der Waals surface area (Å²) in [6.45, 7) is 5.34. The smallest absolute Gasteiger partial charge is 0.406 e. The number of halogens is 3. The molecule has 4 unspecified atom stereocenters. The van der Waals surface area contributed by atoms with Gasteiger partial charge >= 0.3 is 6.36 Å². The molecule has 1 aromatic carbocycles. The Morgan fingerprint density at radius 1 is 1.14 bits per heavy atom. The fourth-order valence-electron chi connectivity index (χ4n) is 5.31. The lowest BCUT2D eigenvalue weighted by atomic mass is 10.0. The quantitative estimate of drug-likeness (QED) is 0.185. The van der Waals surface area contributed by atoms with Gasteiger partial charge in [0.15, 0.2) is 5.72 Å². The van der Waals surface area contributed by atoms with Gasteiger partial charge in [-0.1, -0.05) is 12.1 Å². The van der Waals surface area contributed by atoms with Gasteiger partial charge in [0.2, 0.25) is 5.95 Å². The van der Waals surface area contributed by atoms with Gasteiger partial charge in [-0.15, -0.1) is 24.5 Å². The summed E-state index contributed by atoms with van der Waals surface area (Å²) >= 11 is 1.37. The topological polar surface area (TPSA) is 159 Å². The molecule has 3 heterocycles. The van der Waals surface area contributed by atoms with Gasteiger partial charge in [0.1, 0.15) is 38.0 Å². The van der Waals surface area contributed by atoms with Crippen LogP contribution in [0.15, 0.2) is 36.5 Å². The monoisotopic (exact) mass is 652 g/mol. The summed E-state index contributed by atoms with van der Waals surface area (Å²) in [4.78, 5) is 18.3. The molecular formula is C28H31F3N6O5S2. The molecule has 1 fully saturated rings. The first kappa shape index (κ1) is 31.8. The summed E-state index contributed by atoms with van der Waals surface area (Å²) in [6, 6.07) is 6.75. The van der Waals surface area contributed by atoms with Crippen molar-refractivity contribution >= 4 is 43.2 Å². The zero-order valence-electron chi connectivity index (χ0n) is 24.2. The number of benzene rings is 1. The molecule has 0 saturated heterocycles. The molecule has 0 aliphatic heterocycles. The van der Waals surface area contributed by atoms with Gasteiger partial charge in [-0.05, 0) is 57.4 Å². The molecule has 1 aliphatic carbocycles. The molecule has 0 amide bonds. The third kappa shape index (κ3) is 7.03. The van der Waals surface area contributed by atoms with Crippen molar-refractivity contribution < 1.29 is 36.5 Å². The lowest BCUT2D eigenvalue weighted by Gasteiger charge is -2.31. The van der Waals surface area contributed by atoms with Crippen LogP contribution in [0.25, 0.3) is 20.8 Å². The zero-order valence-corrected chi connectivity index (χ0v) is 25.8. The van der Waals surface area contributed by atoms with E-state index < -0.39 is 40.0 Å². The molecule has 0 bridgehead atoms. The van der Waals surface area contributed by atoms with Crippen LogP contribution in [0, 0.1) is 19.8 Å². The van der Waals surface area contributed by atoms with Crippen molar-refractivity contribution in [2.45, 2.75) is 57.8 Å². The van der Waals surface area contributed by atoms with Gasteiger partial charge in [0.05, 0.1) is 33.4 Å². The third-order valence-electron chi connectivity index (χ3n) is 7.44. The van der Waals surface area contributed by atoms with Crippen molar-refractivity contribution in [1.29, 1.82) is 0 Å². The van der Waals surface area contributed by atoms with Gasteiger partial charge in [-0.3, -0.25) is 4.98 Å². The average Bonchev–Trinajstić information content (AvgIpc) is 3.45. The molecule has 4 aromatic rings. The van der Waals surface area contributed by atoms with E-state index in [0.29, 0.717) is 27.3 Å². The highest BCUT2D eigenvalue weighted by molar-refractivity contribution is 7.90. The Hall–Kier alpha value is -3.60. The number of hydrogen-bond acceptors (Lipinski definition) is 12. The molecule has 4 N–H and O–H groups in total. The fourth-order valence-corrected chi connectivity index (χ4v) is 7.55. The van der Waals surface area contributed by atoms with Gasteiger partial charge in [0, 0.05) is 18.4 Å². The minimum absolute atomic E-state index is 0.0607. The molecular weight excluding hydrogens is 621 g/mol. The minimum atomic E-state index is -4.80. The number of sulfone groups is 1. The summed E-state index contributed by atoms with van der Waals surface area (Å²) < 4.78 is 66.4. The Labute approximate surface area is 255 Å². The Bertz CT molecular complexity index is 1790. The van der Waals surface area contributed by atoms with Crippen LogP contribution in [0.2, 0.25) is 0 Å². The second kappa shape index (κ2) is 11.7. The van der Waals surface area contributed by atoms with Crippen LogP contribution in [0.1, 0.15) is 42.8 Å². The Morgan fingerprint density at radius 3 is 2.48 bits per heavy atom. The highest BCUT2D eigenvalue weighted by Crippen LogP contribution is 2.41. The van der Waals surface area contributed by atoms with Crippen molar-refractivity contribution in [3.05, 3.63) is 53.5 Å². The second-order valence-corrected chi connectivity index (χ2v) is 14.2. The maximum Gasteiger partial charge on any atom is 0.573 e. The zero-order chi connectivity index (χ0) is 32.0. The lowest BCUT2D eigenvalue weighted by Crippen LogP contribution is -2.48. The number of aryl methyl sites for hydroxylation is 2. The highest BCUT2D eigenvalue weighted by Gasteiger charge is 2.48. The molecule has 16 heteroatoms. The van der Waals surface area contributed by atoms with Crippen molar-refractivity contribution in [3.8, 4) is 16.3 Å². The number of aliphatic hydroxyl groups excluding tert-OH is 1. The minimum Gasteiger partial charge on any atom is -0.406 e. The molecule has 3 aromatic heterocycles. The number of aromatic nitrogens is 4. The lowest BCUT2D eigenvalue weighted by molar-refractivity contribution is -0.274. The van der Waals surface area contributed by atoms with Gasteiger partial charge < -0.3 is 25.6 Å². The van der Waals surface area contributed by atoms with Gasteiger partial charge in [-0.25, -0.2) is 18.4 Å². The van der Waals surface area contributed by atoms with Crippen LogP contribution in [0.5, 0.6) is 5.75 Å². The van der Waals surface area contributed by atoms with Crippen molar-refractivity contribution in [2.24, 2.45) is 5.92 Å². The third-order valence-corrected chi connectivity index (χ3v) is 9.51. The fraction of sp³-hybridized carbons (Fsp3) is 0.429. The van der Waals surface area contributed by atoms with Crippen LogP contribution >= 0.6 is 11.3 Å². The molecule has 1 saturated carbocycles. The number of alkyl halides is 3. The van der Waals surface area contributed by atoms with E-state index in [9.17, 15) is 31.8 Å². The second-order valence-electron chi connectivity index (χ2n) is 11.0. The van der Waals surface area contributed by atoms with E-state index in [4.69, 9.17) is 4.98 Å². The largest absolute Gasteiger partial charge is 0.573 e. The number of aliphatic hydroxyl groups is 2. The van der Waals surface area contributed by atoms with E-state index >= 15 is 0 Å². The van der Waals surface area contributed by atoms with Crippen LogP contribution < -0.4 is 15.4 Å². The van der Waals surface area contributed by atoms with Crippen LogP contribution in [0.4, 0.5) is 24.9 Å². The predicted molar refractivity (Wildman–Crippen MR) is 160 cm³/mol. The molecule has 1 aliphatic rings. The van der Waals surface area contributed by atoms with E-state index in [1.807, 2.05) is 13.0 Å². The van der Waals surface area contributed by atoms with E-state index in [1.165, 1.54) is 35.6 Å². The number of pyridine rings is 1. The molecule has 11 nitrogen and oxygen atoms in total. The van der Waals surface area contributed by atoms with Crippen LogP contribution in [-0.2, 0) is 9.84 Å². The standard InChI is InChI=1S/C28H31F3N6O5S2/c1-14(17-5-7-19(8-6-17)42-28(29,30)31)33-26-34-15(2)21(25-35-22-16(3)32-12-10-20(22)43-25)24(36-26)37-27(39)11-9-18(23(27)38)13-44(4,40)41/h5-8,10,12,14,18,23,38-39H,9,11,13H2,1-4H3,(H2,33,34,36,37). The number of ether oxygens (including phenoxy) is 1. The number of rotatable bonds is 9. The maximum atomic E-state index is 12.6. The van der Waals surface area contributed by atoms with Crippen LogP contribution in [0.3, 0.4) is 0 Å². The molecule has 0 spiro atoms. The molecule has 0 radical (unpaired) electrons. The number of fused-ring (bicyclic) bond motifs is 1. The molecule has 44 heavy (non-hydrogen) atoms. The highest BCUT2D eigenvalue weighted by atomic mass is 32.2. The Kier molecular flexibility index (Phi) is 8.48. The molecule has 236 valence electrons. The number of thiazole rings is 1. The van der Waals surface area contributed by atoms with E-state index in [-0.39, 0.29) is 36.1 Å². The first-order valence-corrected chi connectivity index (χ1v) is 16.5. The summed E-state index contributed by atoms with van der Waals surface area (Å²) in [5.41, 5.74) is 1.12. The summed E-state index contributed by atoms with van der Waals surface area (Å²) in [6.07, 6.45) is -3.13. The van der Waals surface area contributed by atoms with Crippen molar-refractivity contribution in [1.82, 2.24) is 19.9 Å². The van der Waals surface area contributed by atoms with E-state index in [1.54, 1.807) is 20.0 Å². The number of nitrogens with zero attached hydrogens (tertiary/aromatic N) is 4. The SMILES string of the molecule is Cc1nc(NC(C)c2ccc(OC(F)(F)F)cc2)nc(NC2(O)CCC(CS(C)(=O)=O)C2O)c1-c1nc2c(C)nccc2s1. The number of hydrogen-bond donors (Lipinski definition) is 4. The Balaban J connectivity index is 1.50. The van der Waals surface area contributed by atoms with Crippen molar-refractivity contribution in [2.75, 3.05) is 22.6 Å². The van der Waals surface area contributed by atoms with Gasteiger partial charge in [0.25, 0.3) is 0 Å². The first-order valence-electron chi connectivity index (χ1n) is 13.6. The Morgan fingerprint density at radius 2 is 1.84 bits per heavy atom. The normalized spacial score (nSPS) is 21.4. The van der Waals surface area contributed by atoms with Crippen molar-refractivity contribution in [3.63, 3.8) is 0 Å². The van der Waals surface area contributed by atoms with E-state index in [0.717, 1.165) is 16.6 Å². The number of nitrogens with one attached hydrogen (secondary N) is 2. The summed E-state index contributed by atoms with van der Waals surface area (Å²) in [5, 5.41) is 29.2. The van der Waals surface area contributed by atoms with E-state index in [2.05, 4.69) is 30.3 Å². The first-order chi connectivity index (χ1) is 20.5. The van der Waals surface area contributed by atoms with Gasteiger partial charge in [-0.2, -0.15) is 4.98 Å².